The number of nitrogens with one attached hydrogen (secondary N) is 1. The third kappa shape index (κ3) is 3.29. The van der Waals surface area contributed by atoms with Gasteiger partial charge in [0.15, 0.2) is 0 Å². The first-order chi connectivity index (χ1) is 9.58. The topological polar surface area (TPSA) is 49.3 Å². The third-order valence-corrected chi connectivity index (χ3v) is 5.74. The lowest BCUT2D eigenvalue weighted by molar-refractivity contribution is 0.0946. The Morgan fingerprint density at radius 1 is 1.35 bits per heavy atom. The van der Waals surface area contributed by atoms with Crippen LogP contribution in [-0.4, -0.2) is 28.6 Å². The standard InChI is InChI=1S/C16H23NO2S/c1-12-13(7-6-8-14(12)18)15(19)17-11-16(20-2)9-4-3-5-10-16/h6-8,18H,3-5,9-11H2,1-2H3,(H,17,19). The molecule has 0 heterocycles. The molecule has 1 aromatic rings. The molecular weight excluding hydrogens is 270 g/mol. The Balaban J connectivity index is 2.02. The van der Waals surface area contributed by atoms with E-state index in [1.807, 2.05) is 11.8 Å². The summed E-state index contributed by atoms with van der Waals surface area (Å²) >= 11 is 1.87. The summed E-state index contributed by atoms with van der Waals surface area (Å²) in [6.45, 7) is 2.48. The van der Waals surface area contributed by atoms with Gasteiger partial charge in [-0.25, -0.2) is 0 Å². The van der Waals surface area contributed by atoms with E-state index in [2.05, 4.69) is 11.6 Å². The molecule has 1 saturated carbocycles. The van der Waals surface area contributed by atoms with Gasteiger partial charge in [0.05, 0.1) is 0 Å². The van der Waals surface area contributed by atoms with E-state index in [-0.39, 0.29) is 16.4 Å². The van der Waals surface area contributed by atoms with E-state index in [4.69, 9.17) is 0 Å². The first-order valence-electron chi connectivity index (χ1n) is 7.20. The normalized spacial score (nSPS) is 17.7. The van der Waals surface area contributed by atoms with Gasteiger partial charge in [0.2, 0.25) is 0 Å². The quantitative estimate of drug-likeness (QED) is 0.893. The Morgan fingerprint density at radius 3 is 2.70 bits per heavy atom. The van der Waals surface area contributed by atoms with Crippen molar-refractivity contribution >= 4 is 17.7 Å². The van der Waals surface area contributed by atoms with Crippen molar-refractivity contribution in [2.24, 2.45) is 0 Å². The maximum atomic E-state index is 12.3. The van der Waals surface area contributed by atoms with Crippen LogP contribution in [0.15, 0.2) is 18.2 Å². The second-order valence-corrected chi connectivity index (χ2v) is 6.85. The highest BCUT2D eigenvalue weighted by atomic mass is 32.2. The van der Waals surface area contributed by atoms with Gasteiger partial charge in [0.25, 0.3) is 5.91 Å². The van der Waals surface area contributed by atoms with Gasteiger partial charge in [-0.2, -0.15) is 11.8 Å². The third-order valence-electron chi connectivity index (χ3n) is 4.32. The zero-order chi connectivity index (χ0) is 14.6. The lowest BCUT2D eigenvalue weighted by Crippen LogP contribution is -2.41. The van der Waals surface area contributed by atoms with Gasteiger partial charge in [0, 0.05) is 22.4 Å². The first kappa shape index (κ1) is 15.2. The van der Waals surface area contributed by atoms with Crippen LogP contribution in [-0.2, 0) is 0 Å². The van der Waals surface area contributed by atoms with Gasteiger partial charge in [0.1, 0.15) is 5.75 Å². The minimum absolute atomic E-state index is 0.0857. The number of rotatable bonds is 4. The van der Waals surface area contributed by atoms with E-state index in [0.29, 0.717) is 17.7 Å². The number of amides is 1. The molecule has 2 N–H and O–H groups in total. The molecule has 0 saturated heterocycles. The zero-order valence-electron chi connectivity index (χ0n) is 12.2. The van der Waals surface area contributed by atoms with E-state index in [1.54, 1.807) is 25.1 Å². The second-order valence-electron chi connectivity index (χ2n) is 5.58. The molecule has 1 aliphatic carbocycles. The van der Waals surface area contributed by atoms with Crippen molar-refractivity contribution in [1.29, 1.82) is 0 Å². The largest absolute Gasteiger partial charge is 0.508 e. The Bertz CT molecular complexity index is 481. The fraction of sp³-hybridized carbons (Fsp3) is 0.562. The predicted octanol–water partition coefficient (Wildman–Crippen LogP) is 3.50. The molecule has 0 aromatic heterocycles. The van der Waals surface area contributed by atoms with Crippen LogP contribution in [0, 0.1) is 6.92 Å². The second kappa shape index (κ2) is 6.53. The molecule has 1 aliphatic rings. The predicted molar refractivity (Wildman–Crippen MR) is 84.5 cm³/mol. The van der Waals surface area contributed by atoms with Crippen molar-refractivity contribution in [2.45, 2.75) is 43.8 Å². The summed E-state index contributed by atoms with van der Waals surface area (Å²) in [5, 5.41) is 12.7. The lowest BCUT2D eigenvalue weighted by atomic mass is 9.88. The molecule has 2 rings (SSSR count). The Kier molecular flexibility index (Phi) is 4.97. The van der Waals surface area contributed by atoms with E-state index >= 15 is 0 Å². The first-order valence-corrected chi connectivity index (χ1v) is 8.42. The number of hydrogen-bond donors (Lipinski definition) is 2. The van der Waals surface area contributed by atoms with E-state index < -0.39 is 0 Å². The highest BCUT2D eigenvalue weighted by Gasteiger charge is 2.31. The fourth-order valence-electron chi connectivity index (χ4n) is 2.86. The zero-order valence-corrected chi connectivity index (χ0v) is 13.1. The number of carbonyl (C=O) groups excluding carboxylic acids is 1. The van der Waals surface area contributed by atoms with Crippen LogP contribution in [0.1, 0.15) is 48.0 Å². The number of benzene rings is 1. The van der Waals surface area contributed by atoms with Gasteiger partial charge >= 0.3 is 0 Å². The van der Waals surface area contributed by atoms with Gasteiger partial charge in [-0.15, -0.1) is 0 Å². The van der Waals surface area contributed by atoms with Crippen LogP contribution >= 0.6 is 11.8 Å². The van der Waals surface area contributed by atoms with Crippen LogP contribution in [0.4, 0.5) is 0 Å². The summed E-state index contributed by atoms with van der Waals surface area (Å²) < 4.78 is 0.193. The molecule has 1 amide bonds. The van der Waals surface area contributed by atoms with Gasteiger partial charge < -0.3 is 10.4 Å². The minimum atomic E-state index is -0.0857. The number of phenolic OH excluding ortho intramolecular Hbond substituents is 1. The van der Waals surface area contributed by atoms with E-state index in [0.717, 1.165) is 0 Å². The van der Waals surface area contributed by atoms with Crippen molar-refractivity contribution in [1.82, 2.24) is 5.32 Å². The number of aromatic hydroxyl groups is 1. The fourth-order valence-corrected chi connectivity index (χ4v) is 3.77. The summed E-state index contributed by atoms with van der Waals surface area (Å²) in [7, 11) is 0. The lowest BCUT2D eigenvalue weighted by Gasteiger charge is -2.35. The molecule has 0 unspecified atom stereocenters. The monoisotopic (exact) mass is 293 g/mol. The molecular formula is C16H23NO2S. The molecule has 4 heteroatoms. The molecule has 0 atom stereocenters. The smallest absolute Gasteiger partial charge is 0.251 e. The maximum Gasteiger partial charge on any atom is 0.251 e. The summed E-state index contributed by atoms with van der Waals surface area (Å²) in [5.74, 6) is 0.0901. The summed E-state index contributed by atoms with van der Waals surface area (Å²) in [6.07, 6.45) is 8.30. The molecule has 0 bridgehead atoms. The molecule has 0 aliphatic heterocycles. The van der Waals surface area contributed by atoms with Crippen LogP contribution in [0.5, 0.6) is 5.75 Å². The Morgan fingerprint density at radius 2 is 2.05 bits per heavy atom. The average Bonchev–Trinajstić information content (AvgIpc) is 2.48. The average molecular weight is 293 g/mol. The molecule has 110 valence electrons. The van der Waals surface area contributed by atoms with Crippen molar-refractivity contribution in [2.75, 3.05) is 12.8 Å². The van der Waals surface area contributed by atoms with Crippen molar-refractivity contribution in [3.63, 3.8) is 0 Å². The Labute approximate surface area is 125 Å². The van der Waals surface area contributed by atoms with Gasteiger partial charge in [-0.05, 0) is 38.2 Å². The number of thioether (sulfide) groups is 1. The molecule has 20 heavy (non-hydrogen) atoms. The summed E-state index contributed by atoms with van der Waals surface area (Å²) in [4.78, 5) is 12.3. The molecule has 1 aromatic carbocycles. The maximum absolute atomic E-state index is 12.3. The van der Waals surface area contributed by atoms with E-state index in [1.165, 1.54) is 32.1 Å². The van der Waals surface area contributed by atoms with E-state index in [9.17, 15) is 9.90 Å². The molecule has 0 spiro atoms. The SMILES string of the molecule is CSC1(CNC(=O)c2cccc(O)c2C)CCCCC1. The van der Waals surface area contributed by atoms with Crippen molar-refractivity contribution in [3.8, 4) is 5.75 Å². The van der Waals surface area contributed by atoms with Crippen LogP contribution in [0.2, 0.25) is 0 Å². The van der Waals surface area contributed by atoms with Crippen LogP contribution in [0.3, 0.4) is 0 Å². The Hall–Kier alpha value is -1.16. The molecule has 1 fully saturated rings. The summed E-state index contributed by atoms with van der Waals surface area (Å²) in [6, 6.07) is 5.08. The van der Waals surface area contributed by atoms with Crippen LogP contribution < -0.4 is 5.32 Å². The van der Waals surface area contributed by atoms with Crippen LogP contribution in [0.25, 0.3) is 0 Å². The number of carbonyl (C=O) groups is 1. The number of hydrogen-bond acceptors (Lipinski definition) is 3. The molecule has 3 nitrogen and oxygen atoms in total. The van der Waals surface area contributed by atoms with Crippen molar-refractivity contribution in [3.05, 3.63) is 29.3 Å². The molecule has 0 radical (unpaired) electrons. The summed E-state index contributed by atoms with van der Waals surface area (Å²) in [5.41, 5.74) is 1.21. The highest BCUT2D eigenvalue weighted by molar-refractivity contribution is 8.00. The van der Waals surface area contributed by atoms with Gasteiger partial charge in [-0.3, -0.25) is 4.79 Å². The minimum Gasteiger partial charge on any atom is -0.508 e. The number of phenols is 1. The van der Waals surface area contributed by atoms with Crippen molar-refractivity contribution < 1.29 is 9.90 Å². The highest BCUT2D eigenvalue weighted by Crippen LogP contribution is 2.38. The van der Waals surface area contributed by atoms with Gasteiger partial charge in [-0.1, -0.05) is 25.3 Å².